The van der Waals surface area contributed by atoms with Gasteiger partial charge in [0.05, 0.1) is 12.6 Å². The van der Waals surface area contributed by atoms with Gasteiger partial charge in [-0.05, 0) is 67.6 Å². The molecule has 2 aromatic rings. The smallest absolute Gasteiger partial charge is 0.220 e. The van der Waals surface area contributed by atoms with Crippen molar-refractivity contribution in [2.75, 3.05) is 6.61 Å². The zero-order valence-electron chi connectivity index (χ0n) is 15.1. The van der Waals surface area contributed by atoms with E-state index in [1.54, 1.807) is 12.1 Å². The molecule has 0 saturated carbocycles. The van der Waals surface area contributed by atoms with Crippen molar-refractivity contribution in [1.29, 1.82) is 0 Å². The minimum absolute atomic E-state index is 0.0592. The van der Waals surface area contributed by atoms with Gasteiger partial charge >= 0.3 is 0 Å². The monoisotopic (exact) mass is 359 g/mol. The number of ether oxygens (including phenoxy) is 1. The standard InChI is InChI=1S/C21H26ClNO2/c1-4-20(17-8-7-15(2)16(3)14-17)23-21(24)6-5-13-25-19-11-9-18(22)10-12-19/h7-12,14,20H,4-6,13H2,1-3H3,(H,23,24). The Balaban J connectivity index is 1.77. The quantitative estimate of drug-likeness (QED) is 0.642. The van der Waals surface area contributed by atoms with Gasteiger partial charge in [0.1, 0.15) is 5.75 Å². The van der Waals surface area contributed by atoms with Gasteiger partial charge in [0.15, 0.2) is 0 Å². The molecule has 2 aromatic carbocycles. The zero-order valence-corrected chi connectivity index (χ0v) is 15.9. The van der Waals surface area contributed by atoms with Gasteiger partial charge in [0.25, 0.3) is 0 Å². The normalized spacial score (nSPS) is 11.8. The number of hydrogen-bond donors (Lipinski definition) is 1. The number of aryl methyl sites for hydroxylation is 2. The van der Waals surface area contributed by atoms with E-state index in [1.807, 2.05) is 12.1 Å². The van der Waals surface area contributed by atoms with Crippen LogP contribution in [0.5, 0.6) is 5.75 Å². The fourth-order valence-corrected chi connectivity index (χ4v) is 2.75. The van der Waals surface area contributed by atoms with Gasteiger partial charge in [-0.15, -0.1) is 0 Å². The lowest BCUT2D eigenvalue weighted by Crippen LogP contribution is -2.28. The van der Waals surface area contributed by atoms with Gasteiger partial charge in [0, 0.05) is 11.4 Å². The Bertz CT molecular complexity index is 698. The predicted octanol–water partition coefficient (Wildman–Crippen LogP) is 5.38. The molecule has 0 heterocycles. The van der Waals surface area contributed by atoms with Gasteiger partial charge < -0.3 is 10.1 Å². The van der Waals surface area contributed by atoms with E-state index in [0.717, 1.165) is 17.7 Å². The Morgan fingerprint density at radius 1 is 1.12 bits per heavy atom. The highest BCUT2D eigenvalue weighted by atomic mass is 35.5. The van der Waals surface area contributed by atoms with E-state index in [1.165, 1.54) is 11.1 Å². The summed E-state index contributed by atoms with van der Waals surface area (Å²) in [6.45, 7) is 6.79. The molecule has 0 radical (unpaired) electrons. The molecule has 0 aliphatic carbocycles. The van der Waals surface area contributed by atoms with E-state index in [-0.39, 0.29) is 11.9 Å². The van der Waals surface area contributed by atoms with Gasteiger partial charge in [-0.25, -0.2) is 0 Å². The highest BCUT2D eigenvalue weighted by Gasteiger charge is 2.13. The summed E-state index contributed by atoms with van der Waals surface area (Å²) in [4.78, 5) is 12.2. The van der Waals surface area contributed by atoms with Crippen LogP contribution in [-0.2, 0) is 4.79 Å². The van der Waals surface area contributed by atoms with Crippen LogP contribution in [0.3, 0.4) is 0 Å². The van der Waals surface area contributed by atoms with Gasteiger partial charge in [-0.2, -0.15) is 0 Å². The van der Waals surface area contributed by atoms with Crippen molar-refractivity contribution >= 4 is 17.5 Å². The van der Waals surface area contributed by atoms with E-state index in [2.05, 4.69) is 44.3 Å². The fraction of sp³-hybridized carbons (Fsp3) is 0.381. The number of benzene rings is 2. The Kier molecular flexibility index (Phi) is 7.32. The molecule has 0 aromatic heterocycles. The predicted molar refractivity (Wildman–Crippen MR) is 103 cm³/mol. The molecule has 25 heavy (non-hydrogen) atoms. The maximum atomic E-state index is 12.2. The van der Waals surface area contributed by atoms with Crippen molar-refractivity contribution in [3.63, 3.8) is 0 Å². The van der Waals surface area contributed by atoms with Crippen molar-refractivity contribution in [3.8, 4) is 5.75 Å². The SMILES string of the molecule is CCC(NC(=O)CCCOc1ccc(Cl)cc1)c1ccc(C)c(C)c1. The first-order chi connectivity index (χ1) is 12.0. The number of nitrogens with one attached hydrogen (secondary N) is 1. The lowest BCUT2D eigenvalue weighted by molar-refractivity contribution is -0.122. The summed E-state index contributed by atoms with van der Waals surface area (Å²) in [5, 5.41) is 3.81. The molecule has 1 atom stereocenters. The van der Waals surface area contributed by atoms with E-state index < -0.39 is 0 Å². The van der Waals surface area contributed by atoms with Crippen LogP contribution < -0.4 is 10.1 Å². The number of halogens is 1. The summed E-state index contributed by atoms with van der Waals surface area (Å²) in [6, 6.07) is 13.7. The second kappa shape index (κ2) is 9.47. The summed E-state index contributed by atoms with van der Waals surface area (Å²) in [6.07, 6.45) is 2.00. The fourth-order valence-electron chi connectivity index (χ4n) is 2.62. The van der Waals surface area contributed by atoms with E-state index in [9.17, 15) is 4.79 Å². The van der Waals surface area contributed by atoms with Crippen LogP contribution in [0.1, 0.15) is 48.9 Å². The van der Waals surface area contributed by atoms with Crippen molar-refractivity contribution in [2.45, 2.75) is 46.1 Å². The van der Waals surface area contributed by atoms with Gasteiger partial charge in [-0.1, -0.05) is 36.7 Å². The Labute approximate surface area is 155 Å². The lowest BCUT2D eigenvalue weighted by Gasteiger charge is -2.18. The molecule has 0 saturated heterocycles. The van der Waals surface area contributed by atoms with Crippen LogP contribution in [-0.4, -0.2) is 12.5 Å². The van der Waals surface area contributed by atoms with Crippen LogP contribution in [0.4, 0.5) is 0 Å². The van der Waals surface area contributed by atoms with Crippen molar-refractivity contribution < 1.29 is 9.53 Å². The molecular formula is C21H26ClNO2. The third-order valence-electron chi connectivity index (χ3n) is 4.31. The Hall–Kier alpha value is -2.00. The van der Waals surface area contributed by atoms with E-state index >= 15 is 0 Å². The molecule has 134 valence electrons. The average Bonchev–Trinajstić information content (AvgIpc) is 2.60. The van der Waals surface area contributed by atoms with Gasteiger partial charge in [-0.3, -0.25) is 4.79 Å². The third-order valence-corrected chi connectivity index (χ3v) is 4.56. The molecule has 0 fully saturated rings. The van der Waals surface area contributed by atoms with Crippen molar-refractivity contribution in [3.05, 3.63) is 64.2 Å². The minimum atomic E-state index is 0.0592. The first kappa shape index (κ1) is 19.3. The molecule has 1 amide bonds. The third kappa shape index (κ3) is 6.09. The van der Waals surface area contributed by atoms with Crippen molar-refractivity contribution in [2.24, 2.45) is 0 Å². The molecule has 0 aliphatic heterocycles. The summed E-state index contributed by atoms with van der Waals surface area (Å²) in [5.41, 5.74) is 3.68. The maximum absolute atomic E-state index is 12.2. The van der Waals surface area contributed by atoms with E-state index in [0.29, 0.717) is 24.5 Å². The van der Waals surface area contributed by atoms with Crippen LogP contribution >= 0.6 is 11.6 Å². The zero-order chi connectivity index (χ0) is 18.2. The molecule has 3 nitrogen and oxygen atoms in total. The summed E-state index contributed by atoms with van der Waals surface area (Å²) < 4.78 is 5.62. The van der Waals surface area contributed by atoms with Crippen LogP contribution in [0.15, 0.2) is 42.5 Å². The number of carbonyl (C=O) groups excluding carboxylic acids is 1. The topological polar surface area (TPSA) is 38.3 Å². The second-order valence-electron chi connectivity index (χ2n) is 6.28. The van der Waals surface area contributed by atoms with Crippen molar-refractivity contribution in [1.82, 2.24) is 5.32 Å². The molecule has 0 aliphatic rings. The Morgan fingerprint density at radius 3 is 2.48 bits per heavy atom. The first-order valence-electron chi connectivity index (χ1n) is 8.74. The highest BCUT2D eigenvalue weighted by Crippen LogP contribution is 2.20. The molecule has 0 bridgehead atoms. The first-order valence-corrected chi connectivity index (χ1v) is 9.12. The molecular weight excluding hydrogens is 334 g/mol. The second-order valence-corrected chi connectivity index (χ2v) is 6.71. The number of hydrogen-bond acceptors (Lipinski definition) is 2. The van der Waals surface area contributed by atoms with Crippen LogP contribution in [0.25, 0.3) is 0 Å². The molecule has 4 heteroatoms. The summed E-state index contributed by atoms with van der Waals surface area (Å²) in [7, 11) is 0. The Morgan fingerprint density at radius 2 is 1.84 bits per heavy atom. The van der Waals surface area contributed by atoms with E-state index in [4.69, 9.17) is 16.3 Å². The van der Waals surface area contributed by atoms with Crippen LogP contribution in [0.2, 0.25) is 5.02 Å². The largest absolute Gasteiger partial charge is 0.494 e. The number of amides is 1. The molecule has 2 rings (SSSR count). The average molecular weight is 360 g/mol. The molecule has 0 spiro atoms. The van der Waals surface area contributed by atoms with Crippen LogP contribution in [0, 0.1) is 13.8 Å². The lowest BCUT2D eigenvalue weighted by atomic mass is 9.99. The minimum Gasteiger partial charge on any atom is -0.494 e. The highest BCUT2D eigenvalue weighted by molar-refractivity contribution is 6.30. The molecule has 1 N–H and O–H groups in total. The maximum Gasteiger partial charge on any atom is 0.220 e. The summed E-state index contributed by atoms with van der Waals surface area (Å²) in [5.74, 6) is 0.830. The van der Waals surface area contributed by atoms with Gasteiger partial charge in [0.2, 0.25) is 5.91 Å². The summed E-state index contributed by atoms with van der Waals surface area (Å²) >= 11 is 5.84. The molecule has 1 unspecified atom stereocenters. The number of rotatable bonds is 8. The number of carbonyl (C=O) groups is 1.